The van der Waals surface area contributed by atoms with Crippen LogP contribution in [-0.4, -0.2) is 27.8 Å². The molecule has 0 atom stereocenters. The summed E-state index contributed by atoms with van der Waals surface area (Å²) in [5, 5.41) is 7.53. The monoisotopic (exact) mass is 422 g/mol. The molecule has 3 aromatic carbocycles. The molecule has 0 saturated carbocycles. The van der Waals surface area contributed by atoms with Crippen LogP contribution in [0.15, 0.2) is 72.8 Å². The molecule has 0 saturated heterocycles. The van der Waals surface area contributed by atoms with Gasteiger partial charge in [0.25, 0.3) is 5.91 Å². The molecular weight excluding hydrogens is 407 g/mol. The minimum absolute atomic E-state index is 0.0554. The standard InChI is InChI=1S/C22H16ClFN4O2/c1-30-19-12-7-15(23)13-18(19)25-22(29)20-26-21(14-5-3-2-4-6-14)28(27-20)17-10-8-16(24)9-11-17/h2-13H,1H3,(H,25,29). The summed E-state index contributed by atoms with van der Waals surface area (Å²) in [5.74, 6) is -0.0561. The molecule has 1 amide bonds. The predicted molar refractivity (Wildman–Crippen MR) is 113 cm³/mol. The topological polar surface area (TPSA) is 69.0 Å². The van der Waals surface area contributed by atoms with Gasteiger partial charge in [-0.1, -0.05) is 41.9 Å². The van der Waals surface area contributed by atoms with E-state index in [0.29, 0.717) is 28.0 Å². The van der Waals surface area contributed by atoms with Crippen LogP contribution in [0.25, 0.3) is 17.1 Å². The molecule has 4 rings (SSSR count). The van der Waals surface area contributed by atoms with Crippen molar-refractivity contribution in [3.8, 4) is 22.8 Å². The summed E-state index contributed by atoms with van der Waals surface area (Å²) in [4.78, 5) is 17.3. The summed E-state index contributed by atoms with van der Waals surface area (Å²) in [6.45, 7) is 0. The van der Waals surface area contributed by atoms with Crippen LogP contribution >= 0.6 is 11.6 Å². The maximum absolute atomic E-state index is 13.4. The van der Waals surface area contributed by atoms with Crippen LogP contribution in [0.1, 0.15) is 10.6 Å². The van der Waals surface area contributed by atoms with Gasteiger partial charge in [0.05, 0.1) is 18.5 Å². The third-order valence-electron chi connectivity index (χ3n) is 4.32. The van der Waals surface area contributed by atoms with Gasteiger partial charge in [-0.15, -0.1) is 5.10 Å². The molecule has 0 radical (unpaired) electrons. The van der Waals surface area contributed by atoms with E-state index in [1.54, 1.807) is 30.3 Å². The predicted octanol–water partition coefficient (Wildman–Crippen LogP) is 4.99. The molecule has 30 heavy (non-hydrogen) atoms. The Morgan fingerprint density at radius 1 is 1.07 bits per heavy atom. The molecule has 0 spiro atoms. The quantitative estimate of drug-likeness (QED) is 0.492. The largest absolute Gasteiger partial charge is 0.495 e. The van der Waals surface area contributed by atoms with Crippen LogP contribution in [0, 0.1) is 5.82 Å². The van der Waals surface area contributed by atoms with E-state index in [2.05, 4.69) is 15.4 Å². The number of aromatic nitrogens is 3. The van der Waals surface area contributed by atoms with Crippen molar-refractivity contribution in [2.24, 2.45) is 0 Å². The number of amides is 1. The van der Waals surface area contributed by atoms with Gasteiger partial charge in [-0.3, -0.25) is 4.79 Å². The van der Waals surface area contributed by atoms with E-state index in [9.17, 15) is 9.18 Å². The van der Waals surface area contributed by atoms with Gasteiger partial charge in [0, 0.05) is 10.6 Å². The van der Waals surface area contributed by atoms with Crippen molar-refractivity contribution in [3.05, 3.63) is 89.5 Å². The maximum Gasteiger partial charge on any atom is 0.295 e. The summed E-state index contributed by atoms with van der Waals surface area (Å²) < 4.78 is 20.1. The second kappa shape index (κ2) is 8.34. The lowest BCUT2D eigenvalue weighted by Crippen LogP contribution is -2.15. The number of ether oxygens (including phenoxy) is 1. The minimum atomic E-state index is -0.534. The molecule has 1 aromatic heterocycles. The lowest BCUT2D eigenvalue weighted by atomic mass is 10.2. The molecule has 8 heteroatoms. The minimum Gasteiger partial charge on any atom is -0.495 e. The van der Waals surface area contributed by atoms with Gasteiger partial charge in [-0.2, -0.15) is 0 Å². The lowest BCUT2D eigenvalue weighted by Gasteiger charge is -2.09. The number of anilines is 1. The number of benzene rings is 3. The molecule has 0 aliphatic rings. The van der Waals surface area contributed by atoms with Crippen molar-refractivity contribution in [3.63, 3.8) is 0 Å². The Balaban J connectivity index is 1.75. The number of hydrogen-bond acceptors (Lipinski definition) is 4. The molecular formula is C22H16ClFN4O2. The molecule has 4 aromatic rings. The van der Waals surface area contributed by atoms with E-state index in [-0.39, 0.29) is 11.6 Å². The molecule has 0 aliphatic carbocycles. The van der Waals surface area contributed by atoms with Crippen LogP contribution < -0.4 is 10.1 Å². The molecule has 150 valence electrons. The molecule has 1 N–H and O–H groups in total. The van der Waals surface area contributed by atoms with E-state index in [1.165, 1.54) is 23.9 Å². The van der Waals surface area contributed by atoms with Crippen LogP contribution in [-0.2, 0) is 0 Å². The molecule has 0 aliphatic heterocycles. The average molecular weight is 423 g/mol. The smallest absolute Gasteiger partial charge is 0.295 e. The number of methoxy groups -OCH3 is 1. The maximum atomic E-state index is 13.4. The van der Waals surface area contributed by atoms with Gasteiger partial charge in [0.1, 0.15) is 11.6 Å². The van der Waals surface area contributed by atoms with Crippen LogP contribution in [0.3, 0.4) is 0 Å². The number of hydrogen-bond donors (Lipinski definition) is 1. The van der Waals surface area contributed by atoms with E-state index in [4.69, 9.17) is 16.3 Å². The van der Waals surface area contributed by atoms with Crippen molar-refractivity contribution >= 4 is 23.2 Å². The first-order valence-corrected chi connectivity index (χ1v) is 9.36. The van der Waals surface area contributed by atoms with E-state index < -0.39 is 5.91 Å². The third-order valence-corrected chi connectivity index (χ3v) is 4.56. The van der Waals surface area contributed by atoms with Gasteiger partial charge < -0.3 is 10.1 Å². The Morgan fingerprint density at radius 3 is 2.50 bits per heavy atom. The second-order valence-electron chi connectivity index (χ2n) is 6.31. The number of nitrogens with one attached hydrogen (secondary N) is 1. The van der Waals surface area contributed by atoms with Crippen LogP contribution in [0.4, 0.5) is 10.1 Å². The Kier molecular flexibility index (Phi) is 5.45. The summed E-state index contributed by atoms with van der Waals surface area (Å²) in [6.07, 6.45) is 0. The Labute approximate surface area is 176 Å². The Bertz CT molecular complexity index is 1190. The van der Waals surface area contributed by atoms with Crippen LogP contribution in [0.2, 0.25) is 5.02 Å². The van der Waals surface area contributed by atoms with Gasteiger partial charge in [0.2, 0.25) is 5.82 Å². The highest BCUT2D eigenvalue weighted by atomic mass is 35.5. The number of carbonyl (C=O) groups excluding carboxylic acids is 1. The summed E-state index contributed by atoms with van der Waals surface area (Å²) >= 11 is 6.03. The van der Waals surface area contributed by atoms with E-state index in [1.807, 2.05) is 30.3 Å². The van der Waals surface area contributed by atoms with Gasteiger partial charge in [-0.25, -0.2) is 14.1 Å². The van der Waals surface area contributed by atoms with Crippen molar-refractivity contribution in [1.82, 2.24) is 14.8 Å². The normalized spacial score (nSPS) is 10.6. The highest BCUT2D eigenvalue weighted by Crippen LogP contribution is 2.28. The van der Waals surface area contributed by atoms with Gasteiger partial charge in [0.15, 0.2) is 5.82 Å². The fourth-order valence-electron chi connectivity index (χ4n) is 2.90. The second-order valence-corrected chi connectivity index (χ2v) is 6.75. The number of rotatable bonds is 5. The Morgan fingerprint density at radius 2 is 1.80 bits per heavy atom. The van der Waals surface area contributed by atoms with Crippen molar-refractivity contribution in [1.29, 1.82) is 0 Å². The highest BCUT2D eigenvalue weighted by Gasteiger charge is 2.20. The first-order chi connectivity index (χ1) is 14.5. The van der Waals surface area contributed by atoms with E-state index in [0.717, 1.165) is 5.56 Å². The molecule has 1 heterocycles. The molecule has 0 fully saturated rings. The summed E-state index contributed by atoms with van der Waals surface area (Å²) in [6, 6.07) is 20.0. The Hall–Kier alpha value is -3.71. The lowest BCUT2D eigenvalue weighted by molar-refractivity contribution is 0.101. The van der Waals surface area contributed by atoms with Crippen molar-refractivity contribution < 1.29 is 13.9 Å². The van der Waals surface area contributed by atoms with Crippen molar-refractivity contribution in [2.75, 3.05) is 12.4 Å². The summed E-state index contributed by atoms with van der Waals surface area (Å²) in [5.41, 5.74) is 1.73. The van der Waals surface area contributed by atoms with Crippen molar-refractivity contribution in [2.45, 2.75) is 0 Å². The van der Waals surface area contributed by atoms with Crippen LogP contribution in [0.5, 0.6) is 5.75 Å². The fraction of sp³-hybridized carbons (Fsp3) is 0.0455. The van der Waals surface area contributed by atoms with Gasteiger partial charge in [-0.05, 0) is 42.5 Å². The SMILES string of the molecule is COc1ccc(Cl)cc1NC(=O)c1nc(-c2ccccc2)n(-c2ccc(F)cc2)n1. The highest BCUT2D eigenvalue weighted by molar-refractivity contribution is 6.31. The number of nitrogens with zero attached hydrogens (tertiary/aromatic N) is 3. The molecule has 6 nitrogen and oxygen atoms in total. The number of halogens is 2. The first-order valence-electron chi connectivity index (χ1n) is 8.98. The molecule has 0 unspecified atom stereocenters. The van der Waals surface area contributed by atoms with Gasteiger partial charge >= 0.3 is 0 Å². The fourth-order valence-corrected chi connectivity index (χ4v) is 3.07. The van der Waals surface area contributed by atoms with E-state index >= 15 is 0 Å². The summed E-state index contributed by atoms with van der Waals surface area (Å²) in [7, 11) is 1.49. The zero-order valence-electron chi connectivity index (χ0n) is 15.8. The molecule has 0 bridgehead atoms. The average Bonchev–Trinajstić information content (AvgIpc) is 3.21. The zero-order valence-corrected chi connectivity index (χ0v) is 16.6. The third kappa shape index (κ3) is 4.01. The first kappa shape index (κ1) is 19.6. The number of carbonyl (C=O) groups is 1. The zero-order chi connectivity index (χ0) is 21.1.